The number of hydrogen-bond donors (Lipinski definition) is 0. The summed E-state index contributed by atoms with van der Waals surface area (Å²) >= 11 is 1.65. The van der Waals surface area contributed by atoms with Crippen LogP contribution in [0, 0.1) is 0 Å². The van der Waals surface area contributed by atoms with Crippen LogP contribution in [0.2, 0.25) is 0 Å². The van der Waals surface area contributed by atoms with Crippen molar-refractivity contribution in [2.45, 2.75) is 37.2 Å². The van der Waals surface area contributed by atoms with Gasteiger partial charge in [0.2, 0.25) is 0 Å². The van der Waals surface area contributed by atoms with Gasteiger partial charge in [-0.25, -0.2) is 4.98 Å². The predicted octanol–water partition coefficient (Wildman–Crippen LogP) is 5.99. The number of pyridine rings is 1. The largest absolute Gasteiger partial charge is 0.330 e. The van der Waals surface area contributed by atoms with Crippen LogP contribution in [-0.4, -0.2) is 29.3 Å². The highest BCUT2D eigenvalue weighted by molar-refractivity contribution is 7.98. The average molecular weight is 467 g/mol. The zero-order valence-corrected chi connectivity index (χ0v) is 20.1. The Balaban J connectivity index is 1.49. The molecule has 5 aromatic rings. The van der Waals surface area contributed by atoms with Crippen LogP contribution < -0.4 is 0 Å². The van der Waals surface area contributed by atoms with E-state index in [0.29, 0.717) is 11.7 Å². The number of imidazole rings is 1. The molecule has 0 saturated heterocycles. The molecule has 0 bridgehead atoms. The lowest BCUT2D eigenvalue weighted by molar-refractivity contribution is 0.755. The summed E-state index contributed by atoms with van der Waals surface area (Å²) in [5.74, 6) is 2.84. The molecule has 0 radical (unpaired) electrons. The quantitative estimate of drug-likeness (QED) is 0.263. The molecule has 0 aliphatic heterocycles. The summed E-state index contributed by atoms with van der Waals surface area (Å²) in [7, 11) is 0. The molecule has 0 amide bonds. The van der Waals surface area contributed by atoms with Gasteiger partial charge in [0.15, 0.2) is 11.0 Å². The van der Waals surface area contributed by atoms with Gasteiger partial charge in [0.05, 0.1) is 11.4 Å². The molecule has 3 aromatic heterocycles. The monoisotopic (exact) mass is 466 g/mol. The van der Waals surface area contributed by atoms with E-state index < -0.39 is 0 Å². The highest BCUT2D eigenvalue weighted by Gasteiger charge is 2.20. The third kappa shape index (κ3) is 4.65. The zero-order chi connectivity index (χ0) is 23.3. The molecule has 7 heteroatoms. The van der Waals surface area contributed by atoms with E-state index in [2.05, 4.69) is 91.7 Å². The van der Waals surface area contributed by atoms with Crippen molar-refractivity contribution >= 4 is 11.8 Å². The van der Waals surface area contributed by atoms with E-state index in [1.165, 1.54) is 11.1 Å². The summed E-state index contributed by atoms with van der Waals surface area (Å²) < 4.78 is 4.34. The van der Waals surface area contributed by atoms with Crippen LogP contribution >= 0.6 is 11.8 Å². The maximum atomic E-state index is 4.62. The number of nitrogens with zero attached hydrogens (tertiary/aromatic N) is 6. The van der Waals surface area contributed by atoms with E-state index in [9.17, 15) is 0 Å². The third-order valence-corrected chi connectivity index (χ3v) is 6.61. The molecule has 2 aromatic carbocycles. The van der Waals surface area contributed by atoms with Crippen LogP contribution in [0.4, 0.5) is 0 Å². The van der Waals surface area contributed by atoms with Gasteiger partial charge < -0.3 is 4.57 Å². The van der Waals surface area contributed by atoms with Crippen molar-refractivity contribution in [3.05, 3.63) is 108 Å². The van der Waals surface area contributed by atoms with Gasteiger partial charge in [-0.05, 0) is 35.2 Å². The van der Waals surface area contributed by atoms with Gasteiger partial charge in [0.25, 0.3) is 0 Å². The Morgan fingerprint density at radius 3 is 2.50 bits per heavy atom. The van der Waals surface area contributed by atoms with Crippen molar-refractivity contribution < 1.29 is 0 Å². The van der Waals surface area contributed by atoms with Gasteiger partial charge in [-0.15, -0.1) is 10.2 Å². The zero-order valence-electron chi connectivity index (χ0n) is 19.2. The number of thioether (sulfide) groups is 1. The first-order chi connectivity index (χ1) is 16.7. The SMILES string of the molecule is CC(C)c1ccccc1-n1c(SCc2nccn2Cc2ccccc2)nnc1-c1cccnc1. The molecular weight excluding hydrogens is 440 g/mol. The minimum absolute atomic E-state index is 0.364. The molecule has 0 unspecified atom stereocenters. The summed E-state index contributed by atoms with van der Waals surface area (Å²) in [4.78, 5) is 8.91. The van der Waals surface area contributed by atoms with Gasteiger partial charge in [-0.1, -0.05) is 74.1 Å². The van der Waals surface area contributed by atoms with Crippen molar-refractivity contribution in [2.75, 3.05) is 0 Å². The highest BCUT2D eigenvalue weighted by atomic mass is 32.2. The van der Waals surface area contributed by atoms with Gasteiger partial charge in [-0.2, -0.15) is 0 Å². The number of rotatable bonds is 8. The van der Waals surface area contributed by atoms with E-state index in [-0.39, 0.29) is 0 Å². The first-order valence-corrected chi connectivity index (χ1v) is 12.3. The summed E-state index contributed by atoms with van der Waals surface area (Å²) in [6, 6.07) is 22.8. The van der Waals surface area contributed by atoms with Crippen molar-refractivity contribution in [3.63, 3.8) is 0 Å². The molecule has 5 rings (SSSR count). The molecule has 0 aliphatic carbocycles. The van der Waals surface area contributed by atoms with Crippen LogP contribution in [0.15, 0.2) is 96.7 Å². The highest BCUT2D eigenvalue weighted by Crippen LogP contribution is 2.33. The Labute approximate surface area is 203 Å². The fraction of sp³-hybridized carbons (Fsp3) is 0.185. The van der Waals surface area contributed by atoms with Crippen molar-refractivity contribution in [1.82, 2.24) is 29.3 Å². The molecule has 0 saturated carbocycles. The minimum Gasteiger partial charge on any atom is -0.330 e. The van der Waals surface area contributed by atoms with Gasteiger partial charge in [0, 0.05) is 36.9 Å². The summed E-state index contributed by atoms with van der Waals surface area (Å²) in [5, 5.41) is 10.0. The lowest BCUT2D eigenvalue weighted by atomic mass is 10.0. The first kappa shape index (κ1) is 22.1. The lowest BCUT2D eigenvalue weighted by Gasteiger charge is -2.17. The van der Waals surface area contributed by atoms with E-state index in [1.54, 1.807) is 18.0 Å². The lowest BCUT2D eigenvalue weighted by Crippen LogP contribution is -2.06. The van der Waals surface area contributed by atoms with Crippen LogP contribution in [0.5, 0.6) is 0 Å². The molecule has 0 fully saturated rings. The average Bonchev–Trinajstić information content (AvgIpc) is 3.50. The second-order valence-electron chi connectivity index (χ2n) is 8.34. The van der Waals surface area contributed by atoms with E-state index in [0.717, 1.165) is 34.6 Å². The number of para-hydroxylation sites is 1. The molecule has 170 valence electrons. The molecule has 0 N–H and O–H groups in total. The Hall–Kier alpha value is -3.71. The van der Waals surface area contributed by atoms with Gasteiger partial charge >= 0.3 is 0 Å². The van der Waals surface area contributed by atoms with Crippen molar-refractivity contribution in [3.8, 4) is 17.1 Å². The Morgan fingerprint density at radius 2 is 1.71 bits per heavy atom. The number of aromatic nitrogens is 6. The van der Waals surface area contributed by atoms with Crippen LogP contribution in [0.25, 0.3) is 17.1 Å². The first-order valence-electron chi connectivity index (χ1n) is 11.3. The van der Waals surface area contributed by atoms with Gasteiger partial charge in [-0.3, -0.25) is 9.55 Å². The summed E-state index contributed by atoms with van der Waals surface area (Å²) in [6.07, 6.45) is 7.50. The summed E-state index contributed by atoms with van der Waals surface area (Å²) in [6.45, 7) is 5.21. The maximum absolute atomic E-state index is 4.62. The molecule has 0 aliphatic rings. The second-order valence-corrected chi connectivity index (χ2v) is 9.28. The Bertz CT molecular complexity index is 1360. The second kappa shape index (κ2) is 10.1. The van der Waals surface area contributed by atoms with Crippen LogP contribution in [-0.2, 0) is 12.3 Å². The fourth-order valence-corrected chi connectivity index (χ4v) is 4.89. The predicted molar refractivity (Wildman–Crippen MR) is 136 cm³/mol. The van der Waals surface area contributed by atoms with Crippen LogP contribution in [0.1, 0.15) is 36.7 Å². The van der Waals surface area contributed by atoms with Gasteiger partial charge in [0.1, 0.15) is 5.82 Å². The van der Waals surface area contributed by atoms with E-state index >= 15 is 0 Å². The third-order valence-electron chi connectivity index (χ3n) is 5.68. The fourth-order valence-electron chi connectivity index (χ4n) is 3.98. The molecule has 0 atom stereocenters. The Kier molecular flexibility index (Phi) is 6.53. The normalized spacial score (nSPS) is 11.3. The smallest absolute Gasteiger partial charge is 0.196 e. The number of benzene rings is 2. The number of hydrogen-bond acceptors (Lipinski definition) is 5. The topological polar surface area (TPSA) is 61.4 Å². The standard InChI is InChI=1S/C27H26N6S/c1-20(2)23-12-6-7-13-24(23)33-26(22-11-8-14-28-17-22)30-31-27(33)34-19-25-29-15-16-32(25)18-21-9-4-3-5-10-21/h3-17,20H,18-19H2,1-2H3. The molecule has 3 heterocycles. The molecule has 34 heavy (non-hydrogen) atoms. The van der Waals surface area contributed by atoms with E-state index in [1.807, 2.05) is 36.8 Å². The van der Waals surface area contributed by atoms with E-state index in [4.69, 9.17) is 0 Å². The summed E-state index contributed by atoms with van der Waals surface area (Å²) in [5.41, 5.74) is 4.53. The maximum Gasteiger partial charge on any atom is 0.196 e. The minimum atomic E-state index is 0.364. The van der Waals surface area contributed by atoms with Crippen molar-refractivity contribution in [1.29, 1.82) is 0 Å². The molecular formula is C27H26N6S. The van der Waals surface area contributed by atoms with Crippen LogP contribution in [0.3, 0.4) is 0 Å². The van der Waals surface area contributed by atoms with Crippen molar-refractivity contribution in [2.24, 2.45) is 0 Å². The molecule has 0 spiro atoms. The molecule has 6 nitrogen and oxygen atoms in total. The Morgan fingerprint density at radius 1 is 0.882 bits per heavy atom.